The van der Waals surface area contributed by atoms with E-state index in [2.05, 4.69) is 10.2 Å². The Bertz CT molecular complexity index is 191. The summed E-state index contributed by atoms with van der Waals surface area (Å²) in [5, 5.41) is 2.63. The molecule has 1 fully saturated rings. The van der Waals surface area contributed by atoms with Gasteiger partial charge < -0.3 is 15.8 Å². The molecule has 15 heavy (non-hydrogen) atoms. The van der Waals surface area contributed by atoms with Gasteiger partial charge in [-0.05, 0) is 6.42 Å². The van der Waals surface area contributed by atoms with Crippen molar-refractivity contribution in [1.29, 1.82) is 0 Å². The minimum atomic E-state index is 0.0515. The molecular formula is C10H21N3O2. The predicted molar refractivity (Wildman–Crippen MR) is 58.5 cm³/mol. The molecule has 1 rings (SSSR count). The first kappa shape index (κ1) is 12.4. The molecule has 0 aromatic carbocycles. The zero-order chi connectivity index (χ0) is 11.1. The molecule has 0 bridgehead atoms. The largest absolute Gasteiger partial charge is 0.380 e. The first-order valence-electron chi connectivity index (χ1n) is 5.50. The van der Waals surface area contributed by atoms with Crippen LogP contribution < -0.4 is 11.1 Å². The van der Waals surface area contributed by atoms with E-state index >= 15 is 0 Å². The van der Waals surface area contributed by atoms with E-state index in [0.717, 1.165) is 32.7 Å². The van der Waals surface area contributed by atoms with Gasteiger partial charge in [0.25, 0.3) is 0 Å². The fraction of sp³-hybridized carbons (Fsp3) is 0.900. The fourth-order valence-electron chi connectivity index (χ4n) is 1.81. The van der Waals surface area contributed by atoms with Gasteiger partial charge >= 0.3 is 0 Å². The van der Waals surface area contributed by atoms with E-state index in [9.17, 15) is 4.79 Å². The SMILES string of the molecule is CNC(=O)CC(CN)N1CCCOCC1. The zero-order valence-electron chi connectivity index (χ0n) is 9.37. The molecule has 5 heteroatoms. The molecule has 1 unspecified atom stereocenters. The molecule has 0 spiro atoms. The van der Waals surface area contributed by atoms with E-state index in [-0.39, 0.29) is 11.9 Å². The molecule has 1 aliphatic heterocycles. The first-order chi connectivity index (χ1) is 7.27. The van der Waals surface area contributed by atoms with Gasteiger partial charge in [-0.3, -0.25) is 9.69 Å². The van der Waals surface area contributed by atoms with Crippen LogP contribution in [0.3, 0.4) is 0 Å². The van der Waals surface area contributed by atoms with Crippen molar-refractivity contribution < 1.29 is 9.53 Å². The van der Waals surface area contributed by atoms with Gasteiger partial charge in [-0.2, -0.15) is 0 Å². The third kappa shape index (κ3) is 4.15. The van der Waals surface area contributed by atoms with E-state index in [1.165, 1.54) is 0 Å². The summed E-state index contributed by atoms with van der Waals surface area (Å²) in [4.78, 5) is 13.5. The maximum atomic E-state index is 11.3. The van der Waals surface area contributed by atoms with Crippen molar-refractivity contribution in [1.82, 2.24) is 10.2 Å². The van der Waals surface area contributed by atoms with Crippen molar-refractivity contribution in [2.45, 2.75) is 18.9 Å². The van der Waals surface area contributed by atoms with Crippen LogP contribution in [0.2, 0.25) is 0 Å². The Kier molecular flexibility index (Phi) is 5.60. The summed E-state index contributed by atoms with van der Waals surface area (Å²) < 4.78 is 5.37. The highest BCUT2D eigenvalue weighted by Crippen LogP contribution is 2.07. The molecule has 0 aromatic heterocycles. The second kappa shape index (κ2) is 6.76. The normalized spacial score (nSPS) is 20.7. The summed E-state index contributed by atoms with van der Waals surface area (Å²) in [5.74, 6) is 0.0515. The number of hydrogen-bond donors (Lipinski definition) is 2. The molecule has 5 nitrogen and oxygen atoms in total. The number of nitrogens with one attached hydrogen (secondary N) is 1. The smallest absolute Gasteiger partial charge is 0.221 e. The lowest BCUT2D eigenvalue weighted by Crippen LogP contribution is -2.44. The summed E-state index contributed by atoms with van der Waals surface area (Å²) in [5.41, 5.74) is 5.70. The molecule has 0 aliphatic carbocycles. The van der Waals surface area contributed by atoms with Crippen molar-refractivity contribution in [3.05, 3.63) is 0 Å². The van der Waals surface area contributed by atoms with Crippen molar-refractivity contribution in [3.8, 4) is 0 Å². The van der Waals surface area contributed by atoms with Crippen LogP contribution in [-0.4, -0.2) is 56.7 Å². The molecule has 1 heterocycles. The maximum absolute atomic E-state index is 11.3. The number of nitrogens with zero attached hydrogens (tertiary/aromatic N) is 1. The Morgan fingerprint density at radius 3 is 3.00 bits per heavy atom. The standard InChI is InChI=1S/C10H21N3O2/c1-12-10(14)7-9(8-11)13-3-2-5-15-6-4-13/h9H,2-8,11H2,1H3,(H,12,14). The Morgan fingerprint density at radius 2 is 2.33 bits per heavy atom. The van der Waals surface area contributed by atoms with E-state index in [1.807, 2.05) is 0 Å². The molecule has 3 N–H and O–H groups in total. The quantitative estimate of drug-likeness (QED) is 0.642. The average molecular weight is 215 g/mol. The minimum Gasteiger partial charge on any atom is -0.380 e. The molecule has 1 saturated heterocycles. The van der Waals surface area contributed by atoms with Gasteiger partial charge in [0, 0.05) is 45.8 Å². The van der Waals surface area contributed by atoms with Crippen LogP contribution in [0.4, 0.5) is 0 Å². The summed E-state index contributed by atoms with van der Waals surface area (Å²) in [6.07, 6.45) is 1.50. The average Bonchev–Trinajstić information content (AvgIpc) is 2.54. The maximum Gasteiger partial charge on any atom is 0.221 e. The van der Waals surface area contributed by atoms with Crippen LogP contribution in [0.15, 0.2) is 0 Å². The number of hydrogen-bond acceptors (Lipinski definition) is 4. The lowest BCUT2D eigenvalue weighted by molar-refractivity contribution is -0.121. The fourth-order valence-corrected chi connectivity index (χ4v) is 1.81. The van der Waals surface area contributed by atoms with Gasteiger partial charge in [0.15, 0.2) is 0 Å². The lowest BCUT2D eigenvalue weighted by Gasteiger charge is -2.28. The highest BCUT2D eigenvalue weighted by Gasteiger charge is 2.20. The Balaban J connectivity index is 2.44. The van der Waals surface area contributed by atoms with Crippen LogP contribution in [-0.2, 0) is 9.53 Å². The van der Waals surface area contributed by atoms with Gasteiger partial charge in [0.05, 0.1) is 6.61 Å². The van der Waals surface area contributed by atoms with Crippen LogP contribution in [0.1, 0.15) is 12.8 Å². The van der Waals surface area contributed by atoms with Crippen LogP contribution in [0, 0.1) is 0 Å². The number of carbonyl (C=O) groups is 1. The summed E-state index contributed by atoms with van der Waals surface area (Å²) in [6.45, 7) is 3.92. The highest BCUT2D eigenvalue weighted by molar-refractivity contribution is 5.76. The highest BCUT2D eigenvalue weighted by atomic mass is 16.5. The second-order valence-corrected chi connectivity index (χ2v) is 3.77. The molecule has 1 amide bonds. The van der Waals surface area contributed by atoms with Gasteiger partial charge in [-0.15, -0.1) is 0 Å². The number of rotatable bonds is 4. The van der Waals surface area contributed by atoms with Crippen molar-refractivity contribution >= 4 is 5.91 Å². The molecule has 1 aliphatic rings. The third-order valence-electron chi connectivity index (χ3n) is 2.75. The first-order valence-corrected chi connectivity index (χ1v) is 5.50. The molecule has 1 atom stereocenters. The third-order valence-corrected chi connectivity index (χ3v) is 2.75. The Hall–Kier alpha value is -0.650. The predicted octanol–water partition coefficient (Wildman–Crippen LogP) is -0.828. The monoisotopic (exact) mass is 215 g/mol. The molecule has 0 aromatic rings. The molecule has 0 saturated carbocycles. The van der Waals surface area contributed by atoms with E-state index in [0.29, 0.717) is 13.0 Å². The van der Waals surface area contributed by atoms with Gasteiger partial charge in [0.1, 0.15) is 0 Å². The van der Waals surface area contributed by atoms with Gasteiger partial charge in [-0.25, -0.2) is 0 Å². The Morgan fingerprint density at radius 1 is 1.53 bits per heavy atom. The van der Waals surface area contributed by atoms with E-state index < -0.39 is 0 Å². The number of carbonyl (C=O) groups excluding carboxylic acids is 1. The summed E-state index contributed by atoms with van der Waals surface area (Å²) in [7, 11) is 1.65. The van der Waals surface area contributed by atoms with Crippen molar-refractivity contribution in [2.75, 3.05) is 39.9 Å². The number of amides is 1. The van der Waals surface area contributed by atoms with Crippen LogP contribution >= 0.6 is 0 Å². The molecule has 88 valence electrons. The van der Waals surface area contributed by atoms with E-state index in [4.69, 9.17) is 10.5 Å². The topological polar surface area (TPSA) is 67.6 Å². The molecule has 0 radical (unpaired) electrons. The lowest BCUT2D eigenvalue weighted by atomic mass is 10.1. The minimum absolute atomic E-state index is 0.0515. The summed E-state index contributed by atoms with van der Waals surface area (Å²) >= 11 is 0. The number of ether oxygens (including phenoxy) is 1. The second-order valence-electron chi connectivity index (χ2n) is 3.77. The van der Waals surface area contributed by atoms with Crippen LogP contribution in [0.25, 0.3) is 0 Å². The van der Waals surface area contributed by atoms with Crippen LogP contribution in [0.5, 0.6) is 0 Å². The van der Waals surface area contributed by atoms with E-state index in [1.54, 1.807) is 7.05 Å². The van der Waals surface area contributed by atoms with Gasteiger partial charge in [0.2, 0.25) is 5.91 Å². The zero-order valence-corrected chi connectivity index (χ0v) is 9.37. The van der Waals surface area contributed by atoms with Crippen molar-refractivity contribution in [2.24, 2.45) is 5.73 Å². The van der Waals surface area contributed by atoms with Crippen molar-refractivity contribution in [3.63, 3.8) is 0 Å². The molecular weight excluding hydrogens is 194 g/mol. The summed E-state index contributed by atoms with van der Waals surface area (Å²) in [6, 6.07) is 0.145. The van der Waals surface area contributed by atoms with Gasteiger partial charge in [-0.1, -0.05) is 0 Å². The number of nitrogens with two attached hydrogens (primary N) is 1. The Labute approximate surface area is 90.9 Å².